The first-order valence-corrected chi connectivity index (χ1v) is 7.52. The molecule has 20 heavy (non-hydrogen) atoms. The Kier molecular flexibility index (Phi) is 4.81. The van der Waals surface area contributed by atoms with Crippen molar-refractivity contribution in [3.63, 3.8) is 0 Å². The predicted octanol–water partition coefficient (Wildman–Crippen LogP) is 3.39. The van der Waals surface area contributed by atoms with Crippen molar-refractivity contribution < 1.29 is 9.53 Å². The molecular weight excluding hydrogens is 250 g/mol. The molecule has 0 spiro atoms. The number of nitrogens with zero attached hydrogens (tertiary/aromatic N) is 1. The van der Waals surface area contributed by atoms with Gasteiger partial charge in [-0.25, -0.2) is 0 Å². The number of hydrogen-bond acceptors (Lipinski definition) is 3. The van der Waals surface area contributed by atoms with Crippen LogP contribution in [-0.4, -0.2) is 37.4 Å². The summed E-state index contributed by atoms with van der Waals surface area (Å²) in [5.41, 5.74) is 1.21. The number of rotatable bonds is 6. The summed E-state index contributed by atoms with van der Waals surface area (Å²) in [5.74, 6) is 0.995. The number of ether oxygens (including phenoxy) is 1. The van der Waals surface area contributed by atoms with Crippen molar-refractivity contribution in [3.8, 4) is 5.75 Å². The molecule has 3 heteroatoms. The number of likely N-dealkylation sites (tertiary alicyclic amines) is 1. The molecule has 110 valence electrons. The molecule has 1 fully saturated rings. The lowest BCUT2D eigenvalue weighted by Gasteiger charge is -2.26. The van der Waals surface area contributed by atoms with Gasteiger partial charge in [-0.2, -0.15) is 0 Å². The zero-order chi connectivity index (χ0) is 14.6. The Balaban J connectivity index is 1.95. The normalized spacial score (nSPS) is 18.1. The Morgan fingerprint density at radius 3 is 2.40 bits per heavy atom. The van der Waals surface area contributed by atoms with E-state index in [1.54, 1.807) is 7.11 Å². The van der Waals surface area contributed by atoms with E-state index in [1.807, 2.05) is 24.3 Å². The van der Waals surface area contributed by atoms with Gasteiger partial charge in [0, 0.05) is 12.1 Å². The van der Waals surface area contributed by atoms with Gasteiger partial charge in [0.05, 0.1) is 13.7 Å². The number of carbonyl (C=O) groups excluding carboxylic acids is 1. The zero-order valence-electron chi connectivity index (χ0n) is 12.8. The summed E-state index contributed by atoms with van der Waals surface area (Å²) in [6, 6.07) is 7.40. The maximum Gasteiger partial charge on any atom is 0.176 e. The standard InChI is InChI=1S/C17H25NO2/c1-4-17(5-2)10-11-18(13-17)12-16(19)14-6-8-15(20-3)9-7-14/h6-9H,4-5,10-13H2,1-3H3. The second-order valence-electron chi connectivity index (χ2n) is 5.82. The van der Waals surface area contributed by atoms with Crippen LogP contribution in [0.1, 0.15) is 43.5 Å². The highest BCUT2D eigenvalue weighted by atomic mass is 16.5. The van der Waals surface area contributed by atoms with Gasteiger partial charge in [-0.3, -0.25) is 9.69 Å². The van der Waals surface area contributed by atoms with Crippen LogP contribution in [0.25, 0.3) is 0 Å². The molecule has 0 radical (unpaired) electrons. The van der Waals surface area contributed by atoms with E-state index in [0.717, 1.165) is 24.4 Å². The van der Waals surface area contributed by atoms with Crippen LogP contribution >= 0.6 is 0 Å². The molecule has 0 aromatic heterocycles. The molecule has 0 aliphatic carbocycles. The molecule has 0 atom stereocenters. The second-order valence-corrected chi connectivity index (χ2v) is 5.82. The van der Waals surface area contributed by atoms with Crippen molar-refractivity contribution in [2.75, 3.05) is 26.7 Å². The van der Waals surface area contributed by atoms with Crippen LogP contribution in [0, 0.1) is 5.41 Å². The molecule has 0 amide bonds. The van der Waals surface area contributed by atoms with E-state index >= 15 is 0 Å². The lowest BCUT2D eigenvalue weighted by molar-refractivity contribution is 0.0936. The average Bonchev–Trinajstić information content (AvgIpc) is 2.91. The van der Waals surface area contributed by atoms with Gasteiger partial charge in [0.2, 0.25) is 0 Å². The van der Waals surface area contributed by atoms with Gasteiger partial charge >= 0.3 is 0 Å². The summed E-state index contributed by atoms with van der Waals surface area (Å²) < 4.78 is 5.12. The van der Waals surface area contributed by atoms with E-state index in [2.05, 4.69) is 18.7 Å². The fourth-order valence-electron chi connectivity index (χ4n) is 3.06. The molecule has 1 aliphatic rings. The monoisotopic (exact) mass is 275 g/mol. The zero-order valence-corrected chi connectivity index (χ0v) is 12.8. The van der Waals surface area contributed by atoms with E-state index in [0.29, 0.717) is 12.0 Å². The number of Topliss-reactive ketones (excluding diaryl/α,β-unsaturated/α-hetero) is 1. The molecule has 0 saturated carbocycles. The number of benzene rings is 1. The minimum atomic E-state index is 0.204. The first-order valence-electron chi connectivity index (χ1n) is 7.52. The first kappa shape index (κ1) is 15.0. The van der Waals surface area contributed by atoms with Gasteiger partial charge in [0.25, 0.3) is 0 Å². The van der Waals surface area contributed by atoms with Gasteiger partial charge in [-0.05, 0) is 55.5 Å². The first-order chi connectivity index (χ1) is 9.62. The molecular formula is C17H25NO2. The number of carbonyl (C=O) groups is 1. The van der Waals surface area contributed by atoms with E-state index in [9.17, 15) is 4.79 Å². The molecule has 0 unspecified atom stereocenters. The highest BCUT2D eigenvalue weighted by Gasteiger charge is 2.35. The molecule has 0 N–H and O–H groups in total. The van der Waals surface area contributed by atoms with Crippen molar-refractivity contribution in [3.05, 3.63) is 29.8 Å². The highest BCUT2D eigenvalue weighted by molar-refractivity contribution is 5.97. The fourth-order valence-corrected chi connectivity index (χ4v) is 3.06. The summed E-state index contributed by atoms with van der Waals surface area (Å²) in [7, 11) is 1.64. The van der Waals surface area contributed by atoms with Gasteiger partial charge in [0.1, 0.15) is 5.75 Å². The summed E-state index contributed by atoms with van der Waals surface area (Å²) in [4.78, 5) is 14.6. The van der Waals surface area contributed by atoms with Gasteiger partial charge < -0.3 is 4.74 Å². The van der Waals surface area contributed by atoms with Crippen molar-refractivity contribution in [1.82, 2.24) is 4.90 Å². The van der Waals surface area contributed by atoms with E-state index in [-0.39, 0.29) is 5.78 Å². The van der Waals surface area contributed by atoms with Crippen LogP contribution in [-0.2, 0) is 0 Å². The van der Waals surface area contributed by atoms with Crippen molar-refractivity contribution in [2.24, 2.45) is 5.41 Å². The maximum absolute atomic E-state index is 12.3. The van der Waals surface area contributed by atoms with Gasteiger partial charge in [-0.1, -0.05) is 13.8 Å². The Morgan fingerprint density at radius 2 is 1.90 bits per heavy atom. The highest BCUT2D eigenvalue weighted by Crippen LogP contribution is 2.36. The van der Waals surface area contributed by atoms with E-state index in [4.69, 9.17) is 4.74 Å². The quantitative estimate of drug-likeness (QED) is 0.745. The fraction of sp³-hybridized carbons (Fsp3) is 0.588. The number of hydrogen-bond donors (Lipinski definition) is 0. The van der Waals surface area contributed by atoms with Crippen LogP contribution in [0.3, 0.4) is 0 Å². The van der Waals surface area contributed by atoms with E-state index in [1.165, 1.54) is 19.3 Å². The summed E-state index contributed by atoms with van der Waals surface area (Å²) in [5, 5.41) is 0. The van der Waals surface area contributed by atoms with Crippen LogP contribution in [0.15, 0.2) is 24.3 Å². The van der Waals surface area contributed by atoms with Crippen LogP contribution in [0.5, 0.6) is 5.75 Å². The molecule has 1 aromatic rings. The lowest BCUT2D eigenvalue weighted by Crippen LogP contribution is -2.30. The molecule has 1 aliphatic heterocycles. The van der Waals surface area contributed by atoms with Crippen LogP contribution < -0.4 is 4.74 Å². The third-order valence-electron chi connectivity index (χ3n) is 4.80. The van der Waals surface area contributed by atoms with Crippen molar-refractivity contribution in [2.45, 2.75) is 33.1 Å². The SMILES string of the molecule is CCC1(CC)CCN(CC(=O)c2ccc(OC)cc2)C1. The molecule has 1 heterocycles. The predicted molar refractivity (Wildman–Crippen MR) is 81.4 cm³/mol. The summed E-state index contributed by atoms with van der Waals surface area (Å²) in [6.45, 7) is 7.16. The largest absolute Gasteiger partial charge is 0.497 e. The molecule has 0 bridgehead atoms. The molecule has 3 nitrogen and oxygen atoms in total. The topological polar surface area (TPSA) is 29.5 Å². The smallest absolute Gasteiger partial charge is 0.176 e. The molecule has 2 rings (SSSR count). The Labute approximate surface area is 121 Å². The molecule has 1 saturated heterocycles. The minimum absolute atomic E-state index is 0.204. The Morgan fingerprint density at radius 1 is 1.25 bits per heavy atom. The Hall–Kier alpha value is -1.35. The van der Waals surface area contributed by atoms with E-state index < -0.39 is 0 Å². The third-order valence-corrected chi connectivity index (χ3v) is 4.80. The number of ketones is 1. The van der Waals surface area contributed by atoms with Gasteiger partial charge in [0.15, 0.2) is 5.78 Å². The summed E-state index contributed by atoms with van der Waals surface area (Å²) >= 11 is 0. The average molecular weight is 275 g/mol. The third kappa shape index (κ3) is 3.21. The Bertz CT molecular complexity index is 449. The second kappa shape index (κ2) is 6.40. The van der Waals surface area contributed by atoms with Crippen molar-refractivity contribution >= 4 is 5.78 Å². The van der Waals surface area contributed by atoms with Gasteiger partial charge in [-0.15, -0.1) is 0 Å². The van der Waals surface area contributed by atoms with Crippen LogP contribution in [0.2, 0.25) is 0 Å². The summed E-state index contributed by atoms with van der Waals surface area (Å²) in [6.07, 6.45) is 3.63. The lowest BCUT2D eigenvalue weighted by atomic mass is 9.82. The number of methoxy groups -OCH3 is 1. The van der Waals surface area contributed by atoms with Crippen LogP contribution in [0.4, 0.5) is 0 Å². The molecule has 1 aromatic carbocycles. The van der Waals surface area contributed by atoms with Crippen molar-refractivity contribution in [1.29, 1.82) is 0 Å². The maximum atomic E-state index is 12.3. The minimum Gasteiger partial charge on any atom is -0.497 e.